The molecule has 0 fully saturated rings. The number of nitrogen functional groups attached to an aromatic ring is 1. The Bertz CT molecular complexity index is 688. The lowest BCUT2D eigenvalue weighted by atomic mass is 10.1. The number of amides is 1. The molecule has 4 heteroatoms. The summed E-state index contributed by atoms with van der Waals surface area (Å²) in [6, 6.07) is 9.58. The van der Waals surface area contributed by atoms with Crippen LogP contribution in [0.4, 0.5) is 11.4 Å². The van der Waals surface area contributed by atoms with Crippen LogP contribution in [0.15, 0.2) is 30.3 Å². The van der Waals surface area contributed by atoms with Gasteiger partial charge in [-0.15, -0.1) is 0 Å². The maximum Gasteiger partial charge on any atom is 0.228 e. The van der Waals surface area contributed by atoms with E-state index >= 15 is 0 Å². The Labute approximate surface area is 117 Å². The number of benzene rings is 2. The van der Waals surface area contributed by atoms with Crippen molar-refractivity contribution < 1.29 is 9.53 Å². The molecule has 3 N–H and O–H groups in total. The SMILES string of the molecule is Cc1cc(C)cc(Oc2cc3c(cc2N)CC(=O)N3)c1. The molecular formula is C16H16N2O2. The van der Waals surface area contributed by atoms with Gasteiger partial charge < -0.3 is 15.8 Å². The van der Waals surface area contributed by atoms with Crippen molar-refractivity contribution in [3.63, 3.8) is 0 Å². The van der Waals surface area contributed by atoms with Gasteiger partial charge in [-0.05, 0) is 48.7 Å². The third-order valence-corrected chi connectivity index (χ3v) is 3.28. The van der Waals surface area contributed by atoms with E-state index in [1.54, 1.807) is 12.1 Å². The number of hydrogen-bond acceptors (Lipinski definition) is 3. The number of nitrogens with one attached hydrogen (secondary N) is 1. The van der Waals surface area contributed by atoms with Crippen molar-refractivity contribution in [1.82, 2.24) is 0 Å². The number of rotatable bonds is 2. The Hall–Kier alpha value is -2.49. The first-order valence-electron chi connectivity index (χ1n) is 6.49. The smallest absolute Gasteiger partial charge is 0.228 e. The summed E-state index contributed by atoms with van der Waals surface area (Å²) in [4.78, 5) is 11.4. The Morgan fingerprint density at radius 2 is 1.80 bits per heavy atom. The van der Waals surface area contributed by atoms with Crippen LogP contribution < -0.4 is 15.8 Å². The molecule has 0 saturated carbocycles. The first kappa shape index (κ1) is 12.5. The van der Waals surface area contributed by atoms with Gasteiger partial charge in [-0.2, -0.15) is 0 Å². The monoisotopic (exact) mass is 268 g/mol. The zero-order valence-corrected chi connectivity index (χ0v) is 11.5. The predicted molar refractivity (Wildman–Crippen MR) is 79.2 cm³/mol. The van der Waals surface area contributed by atoms with E-state index in [-0.39, 0.29) is 5.91 Å². The zero-order chi connectivity index (χ0) is 14.3. The molecule has 0 unspecified atom stereocenters. The Morgan fingerprint density at radius 3 is 2.50 bits per heavy atom. The second-order valence-corrected chi connectivity index (χ2v) is 5.20. The van der Waals surface area contributed by atoms with Gasteiger partial charge in [0, 0.05) is 11.8 Å². The van der Waals surface area contributed by atoms with E-state index in [0.717, 1.165) is 28.1 Å². The zero-order valence-electron chi connectivity index (χ0n) is 11.5. The van der Waals surface area contributed by atoms with Gasteiger partial charge in [0.25, 0.3) is 0 Å². The predicted octanol–water partition coefficient (Wildman–Crippen LogP) is 3.17. The highest BCUT2D eigenvalue weighted by atomic mass is 16.5. The highest BCUT2D eigenvalue weighted by molar-refractivity contribution is 6.00. The quantitative estimate of drug-likeness (QED) is 0.822. The van der Waals surface area contributed by atoms with Crippen molar-refractivity contribution in [2.24, 2.45) is 0 Å². The van der Waals surface area contributed by atoms with Crippen molar-refractivity contribution in [3.05, 3.63) is 47.0 Å². The van der Waals surface area contributed by atoms with Gasteiger partial charge in [0.2, 0.25) is 5.91 Å². The van der Waals surface area contributed by atoms with E-state index < -0.39 is 0 Å². The number of carbonyl (C=O) groups excluding carboxylic acids is 1. The largest absolute Gasteiger partial charge is 0.455 e. The van der Waals surface area contributed by atoms with E-state index in [1.165, 1.54) is 0 Å². The Kier molecular flexibility index (Phi) is 2.86. The molecule has 1 heterocycles. The van der Waals surface area contributed by atoms with E-state index in [4.69, 9.17) is 10.5 Å². The fourth-order valence-electron chi connectivity index (χ4n) is 2.48. The molecule has 0 aliphatic carbocycles. The fourth-order valence-corrected chi connectivity index (χ4v) is 2.48. The molecule has 0 bridgehead atoms. The normalized spacial score (nSPS) is 13.0. The molecule has 102 valence electrons. The molecule has 0 saturated heterocycles. The Morgan fingerprint density at radius 1 is 1.10 bits per heavy atom. The van der Waals surface area contributed by atoms with E-state index in [1.807, 2.05) is 26.0 Å². The Balaban J connectivity index is 1.95. The van der Waals surface area contributed by atoms with E-state index in [9.17, 15) is 4.79 Å². The maximum atomic E-state index is 11.4. The second kappa shape index (κ2) is 4.56. The minimum Gasteiger partial charge on any atom is -0.455 e. The van der Waals surface area contributed by atoms with Crippen LogP contribution in [0.3, 0.4) is 0 Å². The van der Waals surface area contributed by atoms with Crippen LogP contribution in [-0.2, 0) is 11.2 Å². The van der Waals surface area contributed by atoms with Crippen LogP contribution in [0.25, 0.3) is 0 Å². The number of aryl methyl sites for hydroxylation is 2. The summed E-state index contributed by atoms with van der Waals surface area (Å²) in [7, 11) is 0. The van der Waals surface area contributed by atoms with Gasteiger partial charge in [0.15, 0.2) is 5.75 Å². The first-order valence-corrected chi connectivity index (χ1v) is 6.49. The molecular weight excluding hydrogens is 252 g/mol. The van der Waals surface area contributed by atoms with Gasteiger partial charge in [0.05, 0.1) is 12.1 Å². The van der Waals surface area contributed by atoms with Crippen molar-refractivity contribution in [2.45, 2.75) is 20.3 Å². The molecule has 2 aromatic rings. The average molecular weight is 268 g/mol. The van der Waals surface area contributed by atoms with Crippen molar-refractivity contribution >= 4 is 17.3 Å². The third-order valence-electron chi connectivity index (χ3n) is 3.28. The van der Waals surface area contributed by atoms with Crippen LogP contribution in [0.1, 0.15) is 16.7 Å². The van der Waals surface area contributed by atoms with Crippen molar-refractivity contribution in [3.8, 4) is 11.5 Å². The van der Waals surface area contributed by atoms with Gasteiger partial charge in [-0.25, -0.2) is 0 Å². The molecule has 1 amide bonds. The van der Waals surface area contributed by atoms with Crippen LogP contribution in [0.5, 0.6) is 11.5 Å². The lowest BCUT2D eigenvalue weighted by Gasteiger charge is -2.11. The maximum absolute atomic E-state index is 11.4. The molecule has 3 rings (SSSR count). The van der Waals surface area contributed by atoms with Crippen LogP contribution in [0.2, 0.25) is 0 Å². The van der Waals surface area contributed by atoms with E-state index in [0.29, 0.717) is 17.9 Å². The summed E-state index contributed by atoms with van der Waals surface area (Å²) in [5.74, 6) is 1.30. The number of ether oxygens (including phenoxy) is 1. The summed E-state index contributed by atoms with van der Waals surface area (Å²) < 4.78 is 5.86. The fraction of sp³-hybridized carbons (Fsp3) is 0.188. The first-order chi connectivity index (χ1) is 9.51. The van der Waals surface area contributed by atoms with Crippen molar-refractivity contribution in [2.75, 3.05) is 11.1 Å². The lowest BCUT2D eigenvalue weighted by Crippen LogP contribution is -2.03. The number of hydrogen-bond donors (Lipinski definition) is 2. The number of carbonyl (C=O) groups is 1. The lowest BCUT2D eigenvalue weighted by molar-refractivity contribution is -0.115. The van der Waals surface area contributed by atoms with Gasteiger partial charge in [-0.1, -0.05) is 6.07 Å². The highest BCUT2D eigenvalue weighted by Gasteiger charge is 2.20. The molecule has 0 aromatic heterocycles. The average Bonchev–Trinajstić information content (AvgIpc) is 2.67. The van der Waals surface area contributed by atoms with Crippen molar-refractivity contribution in [1.29, 1.82) is 0 Å². The summed E-state index contributed by atoms with van der Waals surface area (Å²) in [6.07, 6.45) is 0.378. The van der Waals surface area contributed by atoms with E-state index in [2.05, 4.69) is 11.4 Å². The minimum absolute atomic E-state index is 0.0112. The summed E-state index contributed by atoms with van der Waals surface area (Å²) >= 11 is 0. The number of nitrogens with two attached hydrogens (primary N) is 1. The second-order valence-electron chi connectivity index (χ2n) is 5.20. The summed E-state index contributed by atoms with van der Waals surface area (Å²) in [6.45, 7) is 4.04. The van der Waals surface area contributed by atoms with Gasteiger partial charge in [0.1, 0.15) is 5.75 Å². The molecule has 2 aromatic carbocycles. The van der Waals surface area contributed by atoms with Gasteiger partial charge in [-0.3, -0.25) is 4.79 Å². The molecule has 1 aliphatic heterocycles. The molecule has 20 heavy (non-hydrogen) atoms. The highest BCUT2D eigenvalue weighted by Crippen LogP contribution is 2.35. The molecule has 4 nitrogen and oxygen atoms in total. The minimum atomic E-state index is -0.0112. The number of fused-ring (bicyclic) bond motifs is 1. The summed E-state index contributed by atoms with van der Waals surface area (Å²) in [5.41, 5.74) is 10.5. The molecule has 0 radical (unpaired) electrons. The molecule has 0 atom stereocenters. The molecule has 0 spiro atoms. The molecule has 1 aliphatic rings. The standard InChI is InChI=1S/C16H16N2O2/c1-9-3-10(2)5-12(4-9)20-15-8-14-11(6-13(15)17)7-16(19)18-14/h3-6,8H,7,17H2,1-2H3,(H,18,19). The summed E-state index contributed by atoms with van der Waals surface area (Å²) in [5, 5.41) is 2.80. The van der Waals surface area contributed by atoms with Crippen LogP contribution in [0, 0.1) is 13.8 Å². The van der Waals surface area contributed by atoms with Crippen LogP contribution >= 0.6 is 0 Å². The van der Waals surface area contributed by atoms with Gasteiger partial charge >= 0.3 is 0 Å². The topological polar surface area (TPSA) is 64.3 Å². The van der Waals surface area contributed by atoms with Crippen LogP contribution in [-0.4, -0.2) is 5.91 Å². The number of anilines is 2. The third kappa shape index (κ3) is 2.32.